The standard InChI is InChI=1S/C32H24N2O5/c1-37-25-16-11-22(12-17-25)30(39-34-31(35)27-7-3-4-8-28(27)32(34)36)23-13-18-26(19-14-23)38-20-24-15-10-21-6-2-5-9-29(21)33-24/h2-19,30H,20H2,1H3. The first-order valence-electron chi connectivity index (χ1n) is 12.5. The lowest BCUT2D eigenvalue weighted by atomic mass is 10.0. The summed E-state index contributed by atoms with van der Waals surface area (Å²) in [7, 11) is 1.59. The molecule has 5 aromatic rings. The summed E-state index contributed by atoms with van der Waals surface area (Å²) in [6.45, 7) is 0.317. The Morgan fingerprint density at radius 1 is 0.692 bits per heavy atom. The fourth-order valence-electron chi connectivity index (χ4n) is 4.55. The number of rotatable bonds is 8. The van der Waals surface area contributed by atoms with Crippen LogP contribution in [-0.4, -0.2) is 29.0 Å². The Hall–Kier alpha value is -5.01. The number of amides is 2. The summed E-state index contributed by atoms with van der Waals surface area (Å²) in [5, 5.41) is 1.92. The maximum Gasteiger partial charge on any atom is 0.285 e. The molecule has 2 heterocycles. The summed E-state index contributed by atoms with van der Waals surface area (Å²) in [5.41, 5.74) is 3.88. The molecule has 0 aliphatic carbocycles. The molecule has 6 rings (SSSR count). The van der Waals surface area contributed by atoms with Crippen molar-refractivity contribution in [3.63, 3.8) is 0 Å². The number of aromatic nitrogens is 1. The van der Waals surface area contributed by atoms with Gasteiger partial charge in [0.2, 0.25) is 0 Å². The number of hydrogen-bond acceptors (Lipinski definition) is 6. The summed E-state index contributed by atoms with van der Waals surface area (Å²) < 4.78 is 11.3. The smallest absolute Gasteiger partial charge is 0.285 e. The topological polar surface area (TPSA) is 78.0 Å². The number of carbonyl (C=O) groups is 2. The van der Waals surface area contributed by atoms with E-state index >= 15 is 0 Å². The molecule has 1 atom stereocenters. The van der Waals surface area contributed by atoms with Gasteiger partial charge in [0.1, 0.15) is 24.2 Å². The highest BCUT2D eigenvalue weighted by atomic mass is 16.7. The van der Waals surface area contributed by atoms with Crippen LogP contribution in [0.25, 0.3) is 10.9 Å². The van der Waals surface area contributed by atoms with Gasteiger partial charge >= 0.3 is 0 Å². The Balaban J connectivity index is 1.24. The summed E-state index contributed by atoms with van der Waals surface area (Å²) in [5.74, 6) is 0.362. The van der Waals surface area contributed by atoms with E-state index in [9.17, 15) is 9.59 Å². The molecule has 39 heavy (non-hydrogen) atoms. The maximum atomic E-state index is 13.0. The summed E-state index contributed by atoms with van der Waals surface area (Å²) >= 11 is 0. The van der Waals surface area contributed by atoms with Crippen LogP contribution in [0, 0.1) is 0 Å². The van der Waals surface area contributed by atoms with Crippen LogP contribution >= 0.6 is 0 Å². The van der Waals surface area contributed by atoms with Crippen LogP contribution in [-0.2, 0) is 11.4 Å². The third-order valence-corrected chi connectivity index (χ3v) is 6.61. The monoisotopic (exact) mass is 516 g/mol. The number of imide groups is 1. The van der Waals surface area contributed by atoms with E-state index in [4.69, 9.17) is 14.3 Å². The Bertz CT molecular complexity index is 1630. The molecule has 0 saturated carbocycles. The SMILES string of the molecule is COc1ccc(C(ON2C(=O)c3ccccc3C2=O)c2ccc(OCc3ccc4ccccc4n3)cc2)cc1. The Morgan fingerprint density at radius 2 is 1.28 bits per heavy atom. The van der Waals surface area contributed by atoms with Crippen molar-refractivity contribution in [2.24, 2.45) is 0 Å². The second kappa shape index (κ2) is 10.4. The molecule has 0 radical (unpaired) electrons. The van der Waals surface area contributed by atoms with Gasteiger partial charge in [-0.05, 0) is 59.7 Å². The fourth-order valence-corrected chi connectivity index (χ4v) is 4.55. The average molecular weight is 517 g/mol. The van der Waals surface area contributed by atoms with Crippen LogP contribution in [0.1, 0.15) is 43.6 Å². The summed E-state index contributed by atoms with van der Waals surface area (Å²) in [6.07, 6.45) is -0.727. The highest BCUT2D eigenvalue weighted by Gasteiger charge is 2.38. The maximum absolute atomic E-state index is 13.0. The average Bonchev–Trinajstić information content (AvgIpc) is 3.24. The van der Waals surface area contributed by atoms with Gasteiger partial charge in [0.05, 0.1) is 29.4 Å². The molecule has 7 heteroatoms. The zero-order valence-corrected chi connectivity index (χ0v) is 21.1. The number of ether oxygens (including phenoxy) is 2. The number of para-hydroxylation sites is 1. The van der Waals surface area contributed by atoms with Crippen LogP contribution in [0.5, 0.6) is 11.5 Å². The van der Waals surface area contributed by atoms with Crippen LogP contribution in [0.15, 0.2) is 109 Å². The van der Waals surface area contributed by atoms with Gasteiger partial charge in [0, 0.05) is 5.39 Å². The minimum Gasteiger partial charge on any atom is -0.497 e. The van der Waals surface area contributed by atoms with Crippen molar-refractivity contribution in [3.8, 4) is 11.5 Å². The van der Waals surface area contributed by atoms with E-state index in [-0.39, 0.29) is 0 Å². The molecular weight excluding hydrogens is 492 g/mol. The predicted molar refractivity (Wildman–Crippen MR) is 145 cm³/mol. The molecule has 0 saturated heterocycles. The molecule has 4 aromatic carbocycles. The molecule has 1 aliphatic rings. The first-order chi connectivity index (χ1) is 19.1. The molecule has 1 aromatic heterocycles. The number of benzene rings is 4. The van der Waals surface area contributed by atoms with E-state index in [0.29, 0.717) is 29.2 Å². The van der Waals surface area contributed by atoms with E-state index in [1.165, 1.54) is 0 Å². The molecule has 0 spiro atoms. The predicted octanol–water partition coefficient (Wildman–Crippen LogP) is 6.14. The van der Waals surface area contributed by atoms with E-state index in [2.05, 4.69) is 4.98 Å². The zero-order valence-electron chi connectivity index (χ0n) is 21.1. The van der Waals surface area contributed by atoms with Crippen LogP contribution < -0.4 is 9.47 Å². The number of nitrogens with zero attached hydrogens (tertiary/aromatic N) is 2. The highest BCUT2D eigenvalue weighted by molar-refractivity contribution is 6.20. The second-order valence-electron chi connectivity index (χ2n) is 9.06. The molecule has 0 N–H and O–H groups in total. The Kier molecular flexibility index (Phi) is 6.49. The Labute approximate surface area is 225 Å². The first kappa shape index (κ1) is 24.3. The van der Waals surface area contributed by atoms with Gasteiger partial charge in [-0.1, -0.05) is 60.7 Å². The van der Waals surface area contributed by atoms with E-state index in [1.54, 1.807) is 31.4 Å². The number of fused-ring (bicyclic) bond motifs is 2. The van der Waals surface area contributed by atoms with Crippen molar-refractivity contribution >= 4 is 22.7 Å². The van der Waals surface area contributed by atoms with Crippen LogP contribution in [0.4, 0.5) is 0 Å². The van der Waals surface area contributed by atoms with Crippen molar-refractivity contribution in [2.45, 2.75) is 12.7 Å². The van der Waals surface area contributed by atoms with Gasteiger partial charge in [-0.25, -0.2) is 9.82 Å². The minimum absolute atomic E-state index is 0.317. The molecule has 1 aliphatic heterocycles. The molecule has 2 amide bonds. The van der Waals surface area contributed by atoms with E-state index in [1.807, 2.05) is 84.9 Å². The second-order valence-corrected chi connectivity index (χ2v) is 9.06. The molecule has 0 fully saturated rings. The highest BCUT2D eigenvalue weighted by Crippen LogP contribution is 2.33. The third kappa shape index (κ3) is 4.83. The quantitative estimate of drug-likeness (QED) is 0.231. The van der Waals surface area contributed by atoms with Gasteiger partial charge in [-0.2, -0.15) is 0 Å². The zero-order chi connectivity index (χ0) is 26.8. The number of carbonyl (C=O) groups excluding carboxylic acids is 2. The van der Waals surface area contributed by atoms with Gasteiger partial charge in [0.15, 0.2) is 0 Å². The fraction of sp³-hybridized carbons (Fsp3) is 0.0938. The molecule has 7 nitrogen and oxygen atoms in total. The van der Waals surface area contributed by atoms with Gasteiger partial charge in [-0.3, -0.25) is 9.59 Å². The largest absolute Gasteiger partial charge is 0.497 e. The molecule has 1 unspecified atom stereocenters. The Morgan fingerprint density at radius 3 is 1.92 bits per heavy atom. The number of pyridine rings is 1. The number of hydrogen-bond donors (Lipinski definition) is 0. The number of hydroxylamine groups is 2. The van der Waals surface area contributed by atoms with Crippen molar-refractivity contribution < 1.29 is 23.9 Å². The summed E-state index contributed by atoms with van der Waals surface area (Å²) in [4.78, 5) is 36.8. The molecule has 0 bridgehead atoms. The number of methoxy groups -OCH3 is 1. The third-order valence-electron chi connectivity index (χ3n) is 6.61. The van der Waals surface area contributed by atoms with E-state index in [0.717, 1.165) is 32.8 Å². The van der Waals surface area contributed by atoms with Gasteiger partial charge in [0.25, 0.3) is 11.8 Å². The van der Waals surface area contributed by atoms with E-state index < -0.39 is 17.9 Å². The lowest BCUT2D eigenvalue weighted by Gasteiger charge is -2.23. The van der Waals surface area contributed by atoms with Crippen LogP contribution in [0.3, 0.4) is 0 Å². The van der Waals surface area contributed by atoms with Crippen molar-refractivity contribution in [3.05, 3.63) is 137 Å². The molecular formula is C32H24N2O5. The first-order valence-corrected chi connectivity index (χ1v) is 12.5. The van der Waals surface area contributed by atoms with Crippen molar-refractivity contribution in [1.82, 2.24) is 10.0 Å². The van der Waals surface area contributed by atoms with Crippen molar-refractivity contribution in [1.29, 1.82) is 0 Å². The lowest BCUT2D eigenvalue weighted by molar-refractivity contribution is -0.120. The lowest BCUT2D eigenvalue weighted by Crippen LogP contribution is -2.32. The summed E-state index contributed by atoms with van der Waals surface area (Å²) in [6, 6.07) is 33.3. The van der Waals surface area contributed by atoms with Crippen molar-refractivity contribution in [2.75, 3.05) is 7.11 Å². The molecule has 192 valence electrons. The normalized spacial score (nSPS) is 13.4. The van der Waals surface area contributed by atoms with Gasteiger partial charge in [-0.15, -0.1) is 5.06 Å². The van der Waals surface area contributed by atoms with Gasteiger partial charge < -0.3 is 9.47 Å². The minimum atomic E-state index is -0.727. The van der Waals surface area contributed by atoms with Crippen LogP contribution in [0.2, 0.25) is 0 Å².